The molecule has 1 saturated heterocycles. The van der Waals surface area contributed by atoms with Gasteiger partial charge in [-0.25, -0.2) is 0 Å². The maximum absolute atomic E-state index is 12.2. The van der Waals surface area contributed by atoms with E-state index in [-0.39, 0.29) is 11.8 Å². The first-order chi connectivity index (χ1) is 8.40. The number of carboxylic acids is 1. The van der Waals surface area contributed by atoms with Crippen LogP contribution in [0.3, 0.4) is 0 Å². The molecule has 102 valence electrons. The van der Waals surface area contributed by atoms with E-state index in [1.54, 1.807) is 6.92 Å². The molecule has 0 spiro atoms. The van der Waals surface area contributed by atoms with Crippen molar-refractivity contribution in [2.24, 2.45) is 11.8 Å². The van der Waals surface area contributed by atoms with Crippen LogP contribution in [0.5, 0.6) is 0 Å². The molecular formula is C12H20N2O4. The number of aliphatic carboxylic acids is 1. The zero-order valence-corrected chi connectivity index (χ0v) is 11.0. The minimum atomic E-state index is -0.995. The van der Waals surface area contributed by atoms with Crippen molar-refractivity contribution in [2.45, 2.75) is 33.2 Å². The Labute approximate surface area is 106 Å². The van der Waals surface area contributed by atoms with Crippen LogP contribution in [-0.4, -0.2) is 46.9 Å². The van der Waals surface area contributed by atoms with Gasteiger partial charge in [-0.05, 0) is 6.42 Å². The number of carbonyl (C=O) groups excluding carboxylic acids is 2. The lowest BCUT2D eigenvalue weighted by atomic mass is 9.93. The van der Waals surface area contributed by atoms with Crippen molar-refractivity contribution in [3.8, 4) is 0 Å². The van der Waals surface area contributed by atoms with E-state index in [9.17, 15) is 14.4 Å². The standard InChI is InChI=1S/C12H20N2O4/c1-4-9-10(15)13-5-6-14(9)11(16)7(2)8(3)12(17)18/h7-9H,4-6H2,1-3H3,(H,13,15)(H,17,18). The lowest BCUT2D eigenvalue weighted by molar-refractivity contribution is -0.152. The van der Waals surface area contributed by atoms with E-state index < -0.39 is 23.8 Å². The highest BCUT2D eigenvalue weighted by atomic mass is 16.4. The van der Waals surface area contributed by atoms with Crippen molar-refractivity contribution in [2.75, 3.05) is 13.1 Å². The third kappa shape index (κ3) is 2.80. The molecule has 1 aliphatic rings. The Kier molecular flexibility index (Phi) is 4.69. The number of nitrogens with zero attached hydrogens (tertiary/aromatic N) is 1. The lowest BCUT2D eigenvalue weighted by Gasteiger charge is -2.36. The maximum Gasteiger partial charge on any atom is 0.307 e. The fraction of sp³-hybridized carbons (Fsp3) is 0.750. The third-order valence-corrected chi connectivity index (χ3v) is 3.53. The fourth-order valence-electron chi connectivity index (χ4n) is 2.07. The normalized spacial score (nSPS) is 23.2. The summed E-state index contributed by atoms with van der Waals surface area (Å²) in [7, 11) is 0. The molecule has 1 fully saturated rings. The zero-order valence-electron chi connectivity index (χ0n) is 11.0. The van der Waals surface area contributed by atoms with E-state index >= 15 is 0 Å². The Balaban J connectivity index is 2.81. The SMILES string of the molecule is CCC1C(=O)NCCN1C(=O)C(C)C(C)C(=O)O. The Bertz CT molecular complexity index is 356. The van der Waals surface area contributed by atoms with Gasteiger partial charge in [0.1, 0.15) is 6.04 Å². The smallest absolute Gasteiger partial charge is 0.307 e. The molecule has 2 N–H and O–H groups in total. The van der Waals surface area contributed by atoms with Gasteiger partial charge in [0.05, 0.1) is 5.92 Å². The van der Waals surface area contributed by atoms with Gasteiger partial charge in [-0.2, -0.15) is 0 Å². The number of carbonyl (C=O) groups is 3. The molecule has 18 heavy (non-hydrogen) atoms. The highest BCUT2D eigenvalue weighted by molar-refractivity contribution is 5.91. The second kappa shape index (κ2) is 5.84. The largest absolute Gasteiger partial charge is 0.481 e. The van der Waals surface area contributed by atoms with E-state index in [1.807, 2.05) is 6.92 Å². The summed E-state index contributed by atoms with van der Waals surface area (Å²) in [5, 5.41) is 11.6. The molecule has 0 aliphatic carbocycles. The van der Waals surface area contributed by atoms with Crippen molar-refractivity contribution < 1.29 is 19.5 Å². The first-order valence-corrected chi connectivity index (χ1v) is 6.21. The van der Waals surface area contributed by atoms with Crippen LogP contribution in [0.1, 0.15) is 27.2 Å². The molecular weight excluding hydrogens is 236 g/mol. The quantitative estimate of drug-likeness (QED) is 0.745. The number of hydrogen-bond donors (Lipinski definition) is 2. The predicted molar refractivity (Wildman–Crippen MR) is 64.8 cm³/mol. The second-order valence-electron chi connectivity index (χ2n) is 4.66. The minimum absolute atomic E-state index is 0.160. The zero-order chi connectivity index (χ0) is 13.9. The number of hydrogen-bond acceptors (Lipinski definition) is 3. The Hall–Kier alpha value is -1.59. The summed E-state index contributed by atoms with van der Waals surface area (Å²) in [6, 6.07) is -0.477. The van der Waals surface area contributed by atoms with E-state index in [2.05, 4.69) is 5.32 Å². The van der Waals surface area contributed by atoms with Gasteiger partial charge in [0.15, 0.2) is 0 Å². The average Bonchev–Trinajstić information content (AvgIpc) is 2.35. The first kappa shape index (κ1) is 14.5. The van der Waals surface area contributed by atoms with Crippen LogP contribution in [0.2, 0.25) is 0 Å². The molecule has 0 aromatic carbocycles. The number of rotatable bonds is 4. The summed E-state index contributed by atoms with van der Waals surface area (Å²) in [4.78, 5) is 36.3. The Morgan fingerprint density at radius 1 is 1.44 bits per heavy atom. The van der Waals surface area contributed by atoms with Crippen molar-refractivity contribution in [3.05, 3.63) is 0 Å². The van der Waals surface area contributed by atoms with Crippen LogP contribution in [0.15, 0.2) is 0 Å². The van der Waals surface area contributed by atoms with Gasteiger partial charge in [0.25, 0.3) is 0 Å². The fourth-order valence-corrected chi connectivity index (χ4v) is 2.07. The summed E-state index contributed by atoms with van der Waals surface area (Å²) in [6.07, 6.45) is 0.533. The topological polar surface area (TPSA) is 86.7 Å². The molecule has 3 atom stereocenters. The number of nitrogens with one attached hydrogen (secondary N) is 1. The van der Waals surface area contributed by atoms with Gasteiger partial charge in [-0.3, -0.25) is 14.4 Å². The van der Waals surface area contributed by atoms with Gasteiger partial charge in [0.2, 0.25) is 11.8 Å². The number of amides is 2. The van der Waals surface area contributed by atoms with Crippen molar-refractivity contribution in [1.82, 2.24) is 10.2 Å². The van der Waals surface area contributed by atoms with Gasteiger partial charge in [-0.15, -0.1) is 0 Å². The molecule has 0 radical (unpaired) electrons. The Morgan fingerprint density at radius 3 is 2.56 bits per heavy atom. The molecule has 0 aromatic rings. The molecule has 0 aromatic heterocycles. The second-order valence-corrected chi connectivity index (χ2v) is 4.66. The van der Waals surface area contributed by atoms with Crippen molar-refractivity contribution >= 4 is 17.8 Å². The van der Waals surface area contributed by atoms with Crippen LogP contribution >= 0.6 is 0 Å². The number of piperazine rings is 1. The molecule has 0 bridgehead atoms. The molecule has 2 amide bonds. The van der Waals surface area contributed by atoms with Crippen LogP contribution < -0.4 is 5.32 Å². The van der Waals surface area contributed by atoms with Gasteiger partial charge >= 0.3 is 5.97 Å². The van der Waals surface area contributed by atoms with Gasteiger partial charge < -0.3 is 15.3 Å². The summed E-state index contributed by atoms with van der Waals surface area (Å²) < 4.78 is 0. The molecule has 6 nitrogen and oxygen atoms in total. The third-order valence-electron chi connectivity index (χ3n) is 3.53. The monoisotopic (exact) mass is 256 g/mol. The van der Waals surface area contributed by atoms with Crippen LogP contribution in [0.4, 0.5) is 0 Å². The summed E-state index contributed by atoms with van der Waals surface area (Å²) in [6.45, 7) is 5.81. The summed E-state index contributed by atoms with van der Waals surface area (Å²) >= 11 is 0. The van der Waals surface area contributed by atoms with E-state index in [1.165, 1.54) is 11.8 Å². The molecule has 1 aliphatic heterocycles. The highest BCUT2D eigenvalue weighted by Crippen LogP contribution is 2.18. The van der Waals surface area contributed by atoms with Crippen LogP contribution in [0.25, 0.3) is 0 Å². The van der Waals surface area contributed by atoms with Crippen LogP contribution in [-0.2, 0) is 14.4 Å². The van der Waals surface area contributed by atoms with Crippen molar-refractivity contribution in [1.29, 1.82) is 0 Å². The highest BCUT2D eigenvalue weighted by Gasteiger charge is 2.36. The van der Waals surface area contributed by atoms with Gasteiger partial charge in [-0.1, -0.05) is 20.8 Å². The molecule has 1 heterocycles. The summed E-state index contributed by atoms with van der Waals surface area (Å²) in [5.41, 5.74) is 0. The molecule has 6 heteroatoms. The molecule has 0 saturated carbocycles. The lowest BCUT2D eigenvalue weighted by Crippen LogP contribution is -2.58. The molecule has 3 unspecified atom stereocenters. The van der Waals surface area contributed by atoms with E-state index in [4.69, 9.17) is 5.11 Å². The average molecular weight is 256 g/mol. The van der Waals surface area contributed by atoms with E-state index in [0.717, 1.165) is 0 Å². The maximum atomic E-state index is 12.2. The summed E-state index contributed by atoms with van der Waals surface area (Å²) in [5.74, 6) is -2.79. The minimum Gasteiger partial charge on any atom is -0.481 e. The number of carboxylic acid groups (broad SMARTS) is 1. The van der Waals surface area contributed by atoms with Crippen LogP contribution in [0, 0.1) is 11.8 Å². The molecule has 1 rings (SSSR count). The first-order valence-electron chi connectivity index (χ1n) is 6.21. The predicted octanol–water partition coefficient (Wildman–Crippen LogP) is 0.0802. The Morgan fingerprint density at radius 2 is 2.06 bits per heavy atom. The van der Waals surface area contributed by atoms with E-state index in [0.29, 0.717) is 19.5 Å². The van der Waals surface area contributed by atoms with Crippen molar-refractivity contribution in [3.63, 3.8) is 0 Å². The van der Waals surface area contributed by atoms with Gasteiger partial charge in [0, 0.05) is 19.0 Å².